The van der Waals surface area contributed by atoms with Crippen LogP contribution in [-0.2, 0) is 5.88 Å². The maximum atomic E-state index is 11.1. The molecule has 0 atom stereocenters. The molecule has 0 radical (unpaired) electrons. The van der Waals surface area contributed by atoms with Crippen LogP contribution in [0.15, 0.2) is 40.9 Å². The lowest BCUT2D eigenvalue weighted by molar-refractivity contribution is -0.385. The Hall–Kier alpha value is -1.79. The van der Waals surface area contributed by atoms with Crippen LogP contribution in [0.5, 0.6) is 17.2 Å². The molecule has 2 aromatic rings. The van der Waals surface area contributed by atoms with Crippen molar-refractivity contribution < 1.29 is 14.4 Å². The van der Waals surface area contributed by atoms with Gasteiger partial charge in [0.25, 0.3) is 0 Å². The minimum atomic E-state index is -0.515. The highest BCUT2D eigenvalue weighted by molar-refractivity contribution is 9.10. The summed E-state index contributed by atoms with van der Waals surface area (Å²) in [6.45, 7) is 0. The number of benzene rings is 2. The Morgan fingerprint density at radius 3 is 2.52 bits per heavy atom. The van der Waals surface area contributed by atoms with Crippen LogP contribution < -0.4 is 9.47 Å². The number of hydrogen-bond donors (Lipinski definition) is 0. The Labute approximate surface area is 134 Å². The van der Waals surface area contributed by atoms with Gasteiger partial charge in [-0.15, -0.1) is 11.6 Å². The van der Waals surface area contributed by atoms with Crippen molar-refractivity contribution in [1.29, 1.82) is 0 Å². The maximum Gasteiger partial charge on any atom is 0.315 e. The van der Waals surface area contributed by atoms with Crippen LogP contribution in [0.1, 0.15) is 5.56 Å². The van der Waals surface area contributed by atoms with E-state index in [9.17, 15) is 10.1 Å². The van der Waals surface area contributed by atoms with Gasteiger partial charge in [-0.25, -0.2) is 0 Å². The number of rotatable bonds is 5. The first kappa shape index (κ1) is 15.6. The number of methoxy groups -OCH3 is 1. The summed E-state index contributed by atoms with van der Waals surface area (Å²) >= 11 is 9.10. The number of ether oxygens (including phenoxy) is 2. The van der Waals surface area contributed by atoms with Crippen LogP contribution in [0, 0.1) is 10.1 Å². The lowest BCUT2D eigenvalue weighted by Gasteiger charge is -2.10. The first-order valence-corrected chi connectivity index (χ1v) is 7.22. The van der Waals surface area contributed by atoms with Crippen molar-refractivity contribution in [2.75, 3.05) is 7.11 Å². The molecular formula is C14H11BrClNO4. The lowest BCUT2D eigenvalue weighted by atomic mass is 10.2. The Balaban J connectivity index is 2.37. The summed E-state index contributed by atoms with van der Waals surface area (Å²) in [6, 6.07) is 9.72. The van der Waals surface area contributed by atoms with Crippen molar-refractivity contribution >= 4 is 33.2 Å². The molecule has 7 heteroatoms. The molecule has 21 heavy (non-hydrogen) atoms. The van der Waals surface area contributed by atoms with Gasteiger partial charge in [-0.05, 0) is 45.8 Å². The minimum Gasteiger partial charge on any atom is -0.496 e. The van der Waals surface area contributed by atoms with Gasteiger partial charge in [0.2, 0.25) is 5.75 Å². The molecule has 0 bridgehead atoms. The smallest absolute Gasteiger partial charge is 0.315 e. The zero-order valence-corrected chi connectivity index (χ0v) is 13.3. The zero-order valence-electron chi connectivity index (χ0n) is 11.0. The van der Waals surface area contributed by atoms with Crippen LogP contribution in [0.2, 0.25) is 0 Å². The van der Waals surface area contributed by atoms with E-state index in [1.165, 1.54) is 19.2 Å². The third-order valence-electron chi connectivity index (χ3n) is 2.73. The highest BCUT2D eigenvalue weighted by atomic mass is 79.9. The highest BCUT2D eigenvalue weighted by Crippen LogP contribution is 2.37. The molecule has 0 saturated carbocycles. The number of nitrogens with zero attached hydrogens (tertiary/aromatic N) is 1. The lowest BCUT2D eigenvalue weighted by Crippen LogP contribution is -1.95. The molecule has 0 aliphatic heterocycles. The Morgan fingerprint density at radius 2 is 1.95 bits per heavy atom. The van der Waals surface area contributed by atoms with Gasteiger partial charge in [-0.2, -0.15) is 0 Å². The molecular weight excluding hydrogens is 362 g/mol. The average molecular weight is 373 g/mol. The van der Waals surface area contributed by atoms with E-state index in [0.717, 1.165) is 5.56 Å². The summed E-state index contributed by atoms with van der Waals surface area (Å²) in [6.07, 6.45) is 0. The van der Waals surface area contributed by atoms with Crippen LogP contribution in [0.25, 0.3) is 0 Å². The molecule has 0 aliphatic rings. The molecule has 0 amide bonds. The predicted octanol–water partition coefficient (Wildman–Crippen LogP) is 4.90. The number of hydrogen-bond acceptors (Lipinski definition) is 4. The Bertz CT molecular complexity index is 678. The second-order valence-corrected chi connectivity index (χ2v) is 5.21. The number of alkyl halides is 1. The second-order valence-electron chi connectivity index (χ2n) is 4.09. The van der Waals surface area contributed by atoms with Gasteiger partial charge < -0.3 is 9.47 Å². The van der Waals surface area contributed by atoms with Crippen molar-refractivity contribution in [2.24, 2.45) is 0 Å². The fourth-order valence-electron chi connectivity index (χ4n) is 1.68. The van der Waals surface area contributed by atoms with Gasteiger partial charge >= 0.3 is 5.69 Å². The molecule has 0 aliphatic carbocycles. The van der Waals surface area contributed by atoms with Crippen molar-refractivity contribution in [2.45, 2.75) is 5.88 Å². The number of nitro benzene ring substituents is 1. The molecule has 0 aromatic heterocycles. The standard InChI is InChI=1S/C14H11BrClNO4/c1-20-10-3-5-14(12(7-10)17(18)19)21-13-4-2-9(8-16)6-11(13)15/h2-7H,8H2,1H3. The van der Waals surface area contributed by atoms with E-state index in [4.69, 9.17) is 21.1 Å². The van der Waals surface area contributed by atoms with Crippen molar-refractivity contribution in [1.82, 2.24) is 0 Å². The van der Waals surface area contributed by atoms with Crippen molar-refractivity contribution in [3.05, 3.63) is 56.5 Å². The largest absolute Gasteiger partial charge is 0.496 e. The van der Waals surface area contributed by atoms with Gasteiger partial charge in [0.15, 0.2) is 0 Å². The van der Waals surface area contributed by atoms with E-state index in [1.54, 1.807) is 24.3 Å². The minimum absolute atomic E-state index is 0.139. The molecule has 5 nitrogen and oxygen atoms in total. The second kappa shape index (κ2) is 6.78. The van der Waals surface area contributed by atoms with E-state index in [2.05, 4.69) is 15.9 Å². The molecule has 0 heterocycles. The van der Waals surface area contributed by atoms with Gasteiger partial charge in [0, 0.05) is 5.88 Å². The normalized spacial score (nSPS) is 10.2. The van der Waals surface area contributed by atoms with Gasteiger partial charge in [-0.1, -0.05) is 6.07 Å². The van der Waals surface area contributed by atoms with E-state index >= 15 is 0 Å². The molecule has 0 fully saturated rings. The Kier molecular flexibility index (Phi) is 5.03. The molecule has 0 N–H and O–H groups in total. The third-order valence-corrected chi connectivity index (χ3v) is 3.66. The van der Waals surface area contributed by atoms with Gasteiger partial charge in [-0.3, -0.25) is 10.1 Å². The third kappa shape index (κ3) is 3.65. The molecule has 0 spiro atoms. The summed E-state index contributed by atoms with van der Waals surface area (Å²) in [5, 5.41) is 11.1. The summed E-state index contributed by atoms with van der Waals surface area (Å²) in [4.78, 5) is 10.6. The van der Waals surface area contributed by atoms with E-state index < -0.39 is 4.92 Å². The van der Waals surface area contributed by atoms with E-state index in [1.807, 2.05) is 0 Å². The van der Waals surface area contributed by atoms with Crippen LogP contribution in [-0.4, -0.2) is 12.0 Å². The van der Waals surface area contributed by atoms with Crippen molar-refractivity contribution in [3.63, 3.8) is 0 Å². The fourth-order valence-corrected chi connectivity index (χ4v) is 2.36. The molecule has 0 saturated heterocycles. The van der Waals surface area contributed by atoms with Gasteiger partial charge in [0.1, 0.15) is 11.5 Å². The summed E-state index contributed by atoms with van der Waals surface area (Å²) in [5.41, 5.74) is 0.753. The fraction of sp³-hybridized carbons (Fsp3) is 0.143. The predicted molar refractivity (Wildman–Crippen MR) is 83.4 cm³/mol. The quantitative estimate of drug-likeness (QED) is 0.425. The molecule has 110 valence electrons. The summed E-state index contributed by atoms with van der Waals surface area (Å²) < 4.78 is 11.3. The zero-order chi connectivity index (χ0) is 15.4. The number of nitro groups is 1. The molecule has 0 unspecified atom stereocenters. The SMILES string of the molecule is COc1ccc(Oc2ccc(CCl)cc2Br)c([N+](=O)[O-])c1. The summed E-state index contributed by atoms with van der Waals surface area (Å²) in [7, 11) is 1.45. The monoisotopic (exact) mass is 371 g/mol. The maximum absolute atomic E-state index is 11.1. The van der Waals surface area contributed by atoms with E-state index in [-0.39, 0.29) is 11.4 Å². The molecule has 2 aromatic carbocycles. The van der Waals surface area contributed by atoms with Gasteiger partial charge in [0.05, 0.1) is 22.6 Å². The van der Waals surface area contributed by atoms with Crippen LogP contribution in [0.4, 0.5) is 5.69 Å². The van der Waals surface area contributed by atoms with Crippen LogP contribution in [0.3, 0.4) is 0 Å². The first-order chi connectivity index (χ1) is 10.0. The highest BCUT2D eigenvalue weighted by Gasteiger charge is 2.18. The van der Waals surface area contributed by atoms with E-state index in [0.29, 0.717) is 21.9 Å². The Morgan fingerprint density at radius 1 is 1.24 bits per heavy atom. The topological polar surface area (TPSA) is 61.6 Å². The van der Waals surface area contributed by atoms with Crippen LogP contribution >= 0.6 is 27.5 Å². The number of halogens is 2. The van der Waals surface area contributed by atoms with Crippen molar-refractivity contribution in [3.8, 4) is 17.2 Å². The average Bonchev–Trinajstić information content (AvgIpc) is 2.49. The molecule has 2 rings (SSSR count). The summed E-state index contributed by atoms with van der Waals surface area (Å²) in [5.74, 6) is 1.38. The first-order valence-electron chi connectivity index (χ1n) is 5.90.